The fourth-order valence-electron chi connectivity index (χ4n) is 2.25. The molecule has 0 aromatic heterocycles. The van der Waals surface area contributed by atoms with E-state index in [2.05, 4.69) is 0 Å². The number of fused-ring (bicyclic) bond motifs is 1. The van der Waals surface area contributed by atoms with E-state index in [-0.39, 0.29) is 30.9 Å². The molecule has 0 radical (unpaired) electrons. The first-order valence-corrected chi connectivity index (χ1v) is 5.76. The van der Waals surface area contributed by atoms with Crippen molar-refractivity contribution in [2.45, 2.75) is 57.5 Å². The van der Waals surface area contributed by atoms with Crippen LogP contribution < -0.4 is 0 Å². The van der Waals surface area contributed by atoms with E-state index in [1.807, 2.05) is 0 Å². The lowest BCUT2D eigenvalue weighted by atomic mass is 9.95. The Morgan fingerprint density at radius 2 is 1.87 bits per heavy atom. The van der Waals surface area contributed by atoms with Crippen molar-refractivity contribution in [1.29, 1.82) is 0 Å². The Morgan fingerprint density at radius 1 is 1.27 bits per heavy atom. The predicted molar refractivity (Wildman–Crippen MR) is 53.3 cm³/mol. The molecule has 2 rings (SSSR count). The second-order valence-electron chi connectivity index (χ2n) is 4.07. The zero-order valence-electron chi connectivity index (χ0n) is 9.11. The van der Waals surface area contributed by atoms with Crippen LogP contribution in [-0.2, 0) is 19.0 Å². The first-order valence-electron chi connectivity index (χ1n) is 5.76. The number of ether oxygens (including phenoxy) is 3. The number of hydrogen-bond donors (Lipinski definition) is 0. The lowest BCUT2D eigenvalue weighted by molar-refractivity contribution is -0.153. The number of hydrogen-bond acceptors (Lipinski definition) is 4. The molecule has 0 amide bonds. The molecule has 1 aliphatic heterocycles. The number of rotatable bonds is 3. The van der Waals surface area contributed by atoms with Gasteiger partial charge in [0.1, 0.15) is 0 Å². The summed E-state index contributed by atoms with van der Waals surface area (Å²) < 4.78 is 16.2. The van der Waals surface area contributed by atoms with Crippen molar-refractivity contribution in [3.8, 4) is 0 Å². The summed E-state index contributed by atoms with van der Waals surface area (Å²) in [5, 5.41) is 0. The van der Waals surface area contributed by atoms with Gasteiger partial charge in [0.05, 0.1) is 25.2 Å². The molecule has 0 bridgehead atoms. The maximum Gasteiger partial charge on any atom is 0.310 e. The molecule has 1 heterocycles. The smallest absolute Gasteiger partial charge is 0.310 e. The fourth-order valence-corrected chi connectivity index (χ4v) is 2.25. The van der Waals surface area contributed by atoms with E-state index in [1.165, 1.54) is 12.8 Å². The lowest BCUT2D eigenvalue weighted by Crippen LogP contribution is -2.25. The summed E-state index contributed by atoms with van der Waals surface area (Å²) in [6.07, 6.45) is 4.79. The highest BCUT2D eigenvalue weighted by Crippen LogP contribution is 2.32. The minimum atomic E-state index is -0.378. The van der Waals surface area contributed by atoms with Gasteiger partial charge in [0.2, 0.25) is 0 Å². The van der Waals surface area contributed by atoms with Crippen LogP contribution in [-0.4, -0.2) is 31.1 Å². The van der Waals surface area contributed by atoms with Gasteiger partial charge in [-0.05, 0) is 19.8 Å². The quantitative estimate of drug-likeness (QED) is 0.670. The zero-order valence-corrected chi connectivity index (χ0v) is 9.11. The van der Waals surface area contributed by atoms with E-state index in [9.17, 15) is 4.79 Å². The molecule has 4 heteroatoms. The number of carbonyl (C=O) groups excluding carboxylic acids is 1. The average Bonchev–Trinajstić information content (AvgIpc) is 2.59. The average molecular weight is 214 g/mol. The Morgan fingerprint density at radius 3 is 2.40 bits per heavy atom. The molecule has 0 aromatic rings. The highest BCUT2D eigenvalue weighted by atomic mass is 16.7. The van der Waals surface area contributed by atoms with Crippen LogP contribution in [0.5, 0.6) is 0 Å². The van der Waals surface area contributed by atoms with Crippen LogP contribution in [0.2, 0.25) is 0 Å². The van der Waals surface area contributed by atoms with Gasteiger partial charge in [-0.1, -0.05) is 12.8 Å². The highest BCUT2D eigenvalue weighted by Gasteiger charge is 2.38. The largest absolute Gasteiger partial charge is 0.466 e. The molecule has 15 heavy (non-hydrogen) atoms. The van der Waals surface area contributed by atoms with Crippen LogP contribution in [0.3, 0.4) is 0 Å². The van der Waals surface area contributed by atoms with E-state index in [1.54, 1.807) is 6.92 Å². The standard InChI is InChI=1S/C11H18O4/c1-2-13-10(12)7-11-14-8-5-3-4-6-9(8)15-11/h8-9,11H,2-7H2,1H3/t8-,9-/m0/s1. The third kappa shape index (κ3) is 2.69. The third-order valence-electron chi connectivity index (χ3n) is 2.93. The van der Waals surface area contributed by atoms with Crippen molar-refractivity contribution in [3.63, 3.8) is 0 Å². The van der Waals surface area contributed by atoms with Crippen molar-refractivity contribution >= 4 is 5.97 Å². The second kappa shape index (κ2) is 4.94. The first-order chi connectivity index (χ1) is 7.29. The van der Waals surface area contributed by atoms with Gasteiger partial charge in [0.25, 0.3) is 0 Å². The summed E-state index contributed by atoms with van der Waals surface area (Å²) in [5.41, 5.74) is 0. The summed E-state index contributed by atoms with van der Waals surface area (Å²) in [6.45, 7) is 2.21. The molecule has 0 aromatic carbocycles. The Bertz CT molecular complexity index is 215. The van der Waals surface area contributed by atoms with Crippen LogP contribution in [0.15, 0.2) is 0 Å². The molecule has 4 nitrogen and oxygen atoms in total. The normalized spacial score (nSPS) is 31.3. The molecular formula is C11H18O4. The maximum absolute atomic E-state index is 11.2. The molecule has 2 atom stereocenters. The number of carbonyl (C=O) groups is 1. The SMILES string of the molecule is CCOC(=O)CC1O[C@H]2CCCC[C@@H]2O1. The summed E-state index contributed by atoms with van der Waals surface area (Å²) >= 11 is 0. The van der Waals surface area contributed by atoms with E-state index < -0.39 is 0 Å². The summed E-state index contributed by atoms with van der Waals surface area (Å²) in [4.78, 5) is 11.2. The van der Waals surface area contributed by atoms with Crippen molar-refractivity contribution in [2.24, 2.45) is 0 Å². The van der Waals surface area contributed by atoms with Gasteiger partial charge in [-0.3, -0.25) is 4.79 Å². The van der Waals surface area contributed by atoms with Gasteiger partial charge in [0, 0.05) is 0 Å². The van der Waals surface area contributed by atoms with Gasteiger partial charge in [-0.2, -0.15) is 0 Å². The molecule has 2 fully saturated rings. The van der Waals surface area contributed by atoms with Gasteiger partial charge < -0.3 is 14.2 Å². The number of esters is 1. The summed E-state index contributed by atoms with van der Waals surface area (Å²) in [7, 11) is 0. The van der Waals surface area contributed by atoms with Crippen molar-refractivity contribution in [3.05, 3.63) is 0 Å². The van der Waals surface area contributed by atoms with Gasteiger partial charge in [-0.25, -0.2) is 0 Å². The molecule has 1 aliphatic carbocycles. The van der Waals surface area contributed by atoms with Crippen molar-refractivity contribution in [2.75, 3.05) is 6.61 Å². The minimum Gasteiger partial charge on any atom is -0.466 e. The van der Waals surface area contributed by atoms with Crippen molar-refractivity contribution in [1.82, 2.24) is 0 Å². The summed E-state index contributed by atoms with van der Waals surface area (Å²) in [6, 6.07) is 0. The van der Waals surface area contributed by atoms with E-state index >= 15 is 0 Å². The van der Waals surface area contributed by atoms with Crippen LogP contribution >= 0.6 is 0 Å². The van der Waals surface area contributed by atoms with Crippen molar-refractivity contribution < 1.29 is 19.0 Å². The fraction of sp³-hybridized carbons (Fsp3) is 0.909. The topological polar surface area (TPSA) is 44.8 Å². The molecule has 0 spiro atoms. The van der Waals surface area contributed by atoms with Crippen LogP contribution in [0.4, 0.5) is 0 Å². The Kier molecular flexibility index (Phi) is 3.59. The van der Waals surface area contributed by atoms with Crippen LogP contribution in [0.25, 0.3) is 0 Å². The van der Waals surface area contributed by atoms with E-state index in [0.717, 1.165) is 12.8 Å². The molecule has 86 valence electrons. The van der Waals surface area contributed by atoms with E-state index in [0.29, 0.717) is 6.61 Å². The predicted octanol–water partition coefficient (Wildman–Crippen LogP) is 1.62. The van der Waals surface area contributed by atoms with Crippen LogP contribution in [0, 0.1) is 0 Å². The molecule has 1 saturated heterocycles. The maximum atomic E-state index is 11.2. The monoisotopic (exact) mass is 214 g/mol. The van der Waals surface area contributed by atoms with E-state index in [4.69, 9.17) is 14.2 Å². The van der Waals surface area contributed by atoms with Gasteiger partial charge in [0.15, 0.2) is 6.29 Å². The lowest BCUT2D eigenvalue weighted by Gasteiger charge is -2.21. The highest BCUT2D eigenvalue weighted by molar-refractivity contribution is 5.69. The van der Waals surface area contributed by atoms with Crippen LogP contribution in [0.1, 0.15) is 39.0 Å². The second-order valence-corrected chi connectivity index (χ2v) is 4.07. The van der Waals surface area contributed by atoms with Gasteiger partial charge >= 0.3 is 5.97 Å². The molecule has 0 unspecified atom stereocenters. The molecule has 2 aliphatic rings. The Hall–Kier alpha value is -0.610. The third-order valence-corrected chi connectivity index (χ3v) is 2.93. The van der Waals surface area contributed by atoms with Gasteiger partial charge in [-0.15, -0.1) is 0 Å². The minimum absolute atomic E-state index is 0.207. The zero-order chi connectivity index (χ0) is 10.7. The Balaban J connectivity index is 1.78. The molecular weight excluding hydrogens is 196 g/mol. The summed E-state index contributed by atoms with van der Waals surface area (Å²) in [5.74, 6) is -0.235. The Labute approximate surface area is 89.9 Å². The molecule has 1 saturated carbocycles. The molecule has 0 N–H and O–H groups in total. The first kappa shape index (κ1) is 10.9.